The van der Waals surface area contributed by atoms with Crippen LogP contribution in [0.5, 0.6) is 0 Å². The van der Waals surface area contributed by atoms with Gasteiger partial charge in [0.1, 0.15) is 4.90 Å². The zero-order valence-electron chi connectivity index (χ0n) is 16.8. The van der Waals surface area contributed by atoms with E-state index in [0.717, 1.165) is 11.8 Å². The van der Waals surface area contributed by atoms with Gasteiger partial charge in [-0.2, -0.15) is 4.31 Å². The molecule has 3 N–H and O–H groups in total. The van der Waals surface area contributed by atoms with Crippen LogP contribution in [0.25, 0.3) is 0 Å². The van der Waals surface area contributed by atoms with Gasteiger partial charge in [0, 0.05) is 25.0 Å². The Hall–Kier alpha value is -1.99. The van der Waals surface area contributed by atoms with Gasteiger partial charge >= 0.3 is 0 Å². The third-order valence-corrected chi connectivity index (χ3v) is 8.14. The molecule has 0 spiro atoms. The molecule has 1 amide bonds. The highest BCUT2D eigenvalue weighted by molar-refractivity contribution is 8.00. The highest BCUT2D eigenvalue weighted by atomic mass is 32.2. The summed E-state index contributed by atoms with van der Waals surface area (Å²) in [4.78, 5) is 16.6. The SMILES string of the molecule is CCN(CC)S(=O)(=O)c1ccc(S[C@@H](C)C(=O)Nc2cccc(S(N)(=O)=O)c2)nc1. The molecule has 0 bridgehead atoms. The van der Waals surface area contributed by atoms with Crippen LogP contribution in [0, 0.1) is 0 Å². The minimum atomic E-state index is -3.88. The Morgan fingerprint density at radius 2 is 1.80 bits per heavy atom. The first-order chi connectivity index (χ1) is 14.0. The summed E-state index contributed by atoms with van der Waals surface area (Å²) in [5, 5.41) is 7.64. The fourth-order valence-corrected chi connectivity index (χ4v) is 5.28. The third-order valence-electron chi connectivity index (χ3n) is 4.15. The van der Waals surface area contributed by atoms with Gasteiger partial charge in [0.15, 0.2) is 0 Å². The molecule has 1 aromatic heterocycles. The average Bonchev–Trinajstić information content (AvgIpc) is 2.68. The lowest BCUT2D eigenvalue weighted by Crippen LogP contribution is -2.30. The molecule has 2 rings (SSSR count). The molecule has 0 radical (unpaired) electrons. The summed E-state index contributed by atoms with van der Waals surface area (Å²) in [7, 11) is -7.47. The number of hydrogen-bond donors (Lipinski definition) is 2. The number of nitrogens with two attached hydrogens (primary N) is 1. The Balaban J connectivity index is 2.07. The summed E-state index contributed by atoms with van der Waals surface area (Å²) in [6, 6.07) is 8.64. The van der Waals surface area contributed by atoms with Crippen LogP contribution in [0.1, 0.15) is 20.8 Å². The van der Waals surface area contributed by atoms with Crippen molar-refractivity contribution in [3.05, 3.63) is 42.6 Å². The Labute approximate surface area is 181 Å². The Morgan fingerprint density at radius 3 is 2.33 bits per heavy atom. The van der Waals surface area contributed by atoms with Crippen LogP contribution >= 0.6 is 11.8 Å². The first-order valence-corrected chi connectivity index (χ1v) is 12.9. The topological polar surface area (TPSA) is 140 Å². The van der Waals surface area contributed by atoms with Gasteiger partial charge < -0.3 is 5.32 Å². The summed E-state index contributed by atoms with van der Waals surface area (Å²) in [6.07, 6.45) is 1.27. The van der Waals surface area contributed by atoms with Crippen molar-refractivity contribution >= 4 is 43.4 Å². The lowest BCUT2D eigenvalue weighted by atomic mass is 10.3. The van der Waals surface area contributed by atoms with Crippen molar-refractivity contribution in [2.75, 3.05) is 18.4 Å². The van der Waals surface area contributed by atoms with E-state index in [-0.39, 0.29) is 15.7 Å². The molecule has 1 aromatic carbocycles. The lowest BCUT2D eigenvalue weighted by Gasteiger charge is -2.18. The van der Waals surface area contributed by atoms with Gasteiger partial charge in [-0.05, 0) is 37.3 Å². The van der Waals surface area contributed by atoms with Crippen LogP contribution in [0.4, 0.5) is 5.69 Å². The Morgan fingerprint density at radius 1 is 1.13 bits per heavy atom. The molecule has 0 aliphatic heterocycles. The number of amides is 1. The van der Waals surface area contributed by atoms with E-state index in [4.69, 9.17) is 5.14 Å². The average molecular weight is 473 g/mol. The Bertz CT molecular complexity index is 1100. The molecule has 30 heavy (non-hydrogen) atoms. The second-order valence-corrected chi connectivity index (χ2v) is 11.1. The number of hydrogen-bond acceptors (Lipinski definition) is 7. The zero-order chi connectivity index (χ0) is 22.5. The van der Waals surface area contributed by atoms with Crippen LogP contribution in [0.15, 0.2) is 57.4 Å². The highest BCUT2D eigenvalue weighted by Crippen LogP contribution is 2.24. The minimum absolute atomic E-state index is 0.0902. The molecule has 9 nitrogen and oxygen atoms in total. The molecule has 12 heteroatoms. The number of nitrogens with zero attached hydrogens (tertiary/aromatic N) is 2. The molecule has 164 valence electrons. The number of nitrogens with one attached hydrogen (secondary N) is 1. The second-order valence-electron chi connectivity index (χ2n) is 6.24. The van der Waals surface area contributed by atoms with Gasteiger partial charge in [-0.3, -0.25) is 4.79 Å². The van der Waals surface area contributed by atoms with Crippen LogP contribution in [-0.2, 0) is 24.8 Å². The standard InChI is InChI=1S/C18H24N4O5S3/c1-4-22(5-2)30(26,27)16-9-10-17(20-12-16)28-13(3)18(23)21-14-7-6-8-15(11-14)29(19,24)25/h6-13H,4-5H2,1-3H3,(H,21,23)(H2,19,24,25)/t13-/m0/s1. The van der Waals surface area contributed by atoms with E-state index in [2.05, 4.69) is 10.3 Å². The van der Waals surface area contributed by atoms with E-state index < -0.39 is 25.3 Å². The number of pyridine rings is 1. The number of anilines is 1. The van der Waals surface area contributed by atoms with Gasteiger partial charge in [-0.15, -0.1) is 0 Å². The molecule has 1 atom stereocenters. The molecule has 2 aromatic rings. The maximum absolute atomic E-state index is 12.5. The summed E-state index contributed by atoms with van der Waals surface area (Å²) < 4.78 is 49.2. The number of aromatic nitrogens is 1. The summed E-state index contributed by atoms with van der Waals surface area (Å²) >= 11 is 1.15. The highest BCUT2D eigenvalue weighted by Gasteiger charge is 2.22. The third kappa shape index (κ3) is 6.01. The molecule has 0 fully saturated rings. The Kier molecular flexibility index (Phi) is 7.99. The van der Waals surface area contributed by atoms with Crippen LogP contribution < -0.4 is 10.5 Å². The fraction of sp³-hybridized carbons (Fsp3) is 0.333. The zero-order valence-corrected chi connectivity index (χ0v) is 19.2. The van der Waals surface area contributed by atoms with E-state index in [9.17, 15) is 21.6 Å². The first-order valence-electron chi connectivity index (χ1n) is 9.05. The molecule has 0 saturated heterocycles. The van der Waals surface area contributed by atoms with E-state index in [1.165, 1.54) is 34.8 Å². The van der Waals surface area contributed by atoms with Crippen molar-refractivity contribution in [1.82, 2.24) is 9.29 Å². The number of carbonyl (C=O) groups excluding carboxylic acids is 1. The predicted octanol–water partition coefficient (Wildman–Crippen LogP) is 1.88. The molecule has 0 saturated carbocycles. The van der Waals surface area contributed by atoms with Gasteiger partial charge in [0.05, 0.1) is 15.2 Å². The number of thioether (sulfide) groups is 1. The summed E-state index contributed by atoms with van der Waals surface area (Å²) in [5.74, 6) is -0.367. The lowest BCUT2D eigenvalue weighted by molar-refractivity contribution is -0.115. The monoisotopic (exact) mass is 472 g/mol. The number of carbonyl (C=O) groups is 1. The second kappa shape index (κ2) is 9.88. The van der Waals surface area contributed by atoms with Gasteiger partial charge in [0.2, 0.25) is 26.0 Å². The molecular weight excluding hydrogens is 448 g/mol. The van der Waals surface area contributed by atoms with E-state index in [1.807, 2.05) is 0 Å². The molecule has 0 aliphatic rings. The molecule has 0 unspecified atom stereocenters. The normalized spacial score (nSPS) is 13.2. The van der Waals surface area contributed by atoms with Crippen molar-refractivity contribution in [1.29, 1.82) is 0 Å². The number of rotatable bonds is 9. The van der Waals surface area contributed by atoms with Crippen molar-refractivity contribution in [2.45, 2.75) is 40.8 Å². The number of primary sulfonamides is 1. The van der Waals surface area contributed by atoms with Gasteiger partial charge in [-0.25, -0.2) is 27.0 Å². The molecular formula is C18H24N4O5S3. The summed E-state index contributed by atoms with van der Waals surface area (Å²) in [6.45, 7) is 5.90. The van der Waals surface area contributed by atoms with Gasteiger partial charge in [-0.1, -0.05) is 31.7 Å². The maximum atomic E-state index is 12.5. The van der Waals surface area contributed by atoms with Crippen LogP contribution in [0.3, 0.4) is 0 Å². The summed E-state index contributed by atoms with van der Waals surface area (Å²) in [5.41, 5.74) is 0.299. The van der Waals surface area contributed by atoms with Gasteiger partial charge in [0.25, 0.3) is 0 Å². The molecule has 0 aliphatic carbocycles. The quantitative estimate of drug-likeness (QED) is 0.531. The van der Waals surface area contributed by atoms with Crippen molar-refractivity contribution < 1.29 is 21.6 Å². The van der Waals surface area contributed by atoms with E-state index in [1.54, 1.807) is 32.9 Å². The number of sulfonamides is 2. The van der Waals surface area contributed by atoms with E-state index in [0.29, 0.717) is 23.8 Å². The minimum Gasteiger partial charge on any atom is -0.325 e. The largest absolute Gasteiger partial charge is 0.325 e. The smallest absolute Gasteiger partial charge is 0.244 e. The first kappa shape index (κ1) is 24.3. The fourth-order valence-electron chi connectivity index (χ4n) is 2.53. The molecule has 1 heterocycles. The van der Waals surface area contributed by atoms with Crippen LogP contribution in [0.2, 0.25) is 0 Å². The van der Waals surface area contributed by atoms with Crippen LogP contribution in [-0.4, -0.2) is 50.4 Å². The van der Waals surface area contributed by atoms with Crippen molar-refractivity contribution in [2.24, 2.45) is 5.14 Å². The maximum Gasteiger partial charge on any atom is 0.244 e. The van der Waals surface area contributed by atoms with Crippen molar-refractivity contribution in [3.63, 3.8) is 0 Å². The van der Waals surface area contributed by atoms with E-state index >= 15 is 0 Å². The number of benzene rings is 1. The predicted molar refractivity (Wildman–Crippen MR) is 116 cm³/mol. The van der Waals surface area contributed by atoms with Crippen molar-refractivity contribution in [3.8, 4) is 0 Å².